The minimum atomic E-state index is -0.910. The van der Waals surface area contributed by atoms with Crippen LogP contribution >= 0.6 is 11.6 Å². The smallest absolute Gasteiger partial charge is 0.257 e. The van der Waals surface area contributed by atoms with E-state index in [1.54, 1.807) is 35.9 Å². The molecule has 7 heteroatoms. The molecule has 0 aliphatic heterocycles. The molecule has 0 aliphatic rings. The van der Waals surface area contributed by atoms with E-state index in [2.05, 4.69) is 15.7 Å². The Morgan fingerprint density at radius 2 is 1.48 bits per heavy atom. The highest BCUT2D eigenvalue weighted by molar-refractivity contribution is 6.33. The second-order valence-corrected chi connectivity index (χ2v) is 7.92. The molecule has 33 heavy (non-hydrogen) atoms. The zero-order valence-corrected chi connectivity index (χ0v) is 18.8. The third-order valence-corrected chi connectivity index (χ3v) is 5.56. The van der Waals surface area contributed by atoms with Gasteiger partial charge in [-0.2, -0.15) is 5.10 Å². The number of amides is 2. The fraction of sp³-hybridized carbons (Fsp3) is 0.115. The Morgan fingerprint density at radius 3 is 2.12 bits per heavy atom. The SMILES string of the molecule is Cc1nn(Cc2ccccc2)c(Cl)c1C(=O)NC(C(=O)Nc1ccccc1)c1ccccc1. The molecule has 6 nitrogen and oxygen atoms in total. The Labute approximate surface area is 197 Å². The predicted octanol–water partition coefficient (Wildman–Crippen LogP) is 5.00. The highest BCUT2D eigenvalue weighted by atomic mass is 35.5. The van der Waals surface area contributed by atoms with Gasteiger partial charge in [0, 0.05) is 5.69 Å². The number of benzene rings is 3. The summed E-state index contributed by atoms with van der Waals surface area (Å²) in [5, 5.41) is 10.4. The van der Waals surface area contributed by atoms with Crippen LogP contribution in [-0.2, 0) is 11.3 Å². The van der Waals surface area contributed by atoms with E-state index in [4.69, 9.17) is 11.6 Å². The molecule has 1 heterocycles. The van der Waals surface area contributed by atoms with Gasteiger partial charge in [0.05, 0.1) is 17.8 Å². The van der Waals surface area contributed by atoms with Gasteiger partial charge in [-0.1, -0.05) is 90.5 Å². The van der Waals surface area contributed by atoms with Crippen LogP contribution in [0, 0.1) is 6.92 Å². The van der Waals surface area contributed by atoms with Crippen LogP contribution in [0.4, 0.5) is 5.69 Å². The third kappa shape index (κ3) is 5.30. The molecule has 0 radical (unpaired) electrons. The maximum absolute atomic E-state index is 13.3. The lowest BCUT2D eigenvalue weighted by Gasteiger charge is -2.19. The molecule has 0 fully saturated rings. The van der Waals surface area contributed by atoms with Crippen molar-refractivity contribution in [2.45, 2.75) is 19.5 Å². The van der Waals surface area contributed by atoms with E-state index < -0.39 is 11.9 Å². The summed E-state index contributed by atoms with van der Waals surface area (Å²) >= 11 is 6.55. The van der Waals surface area contributed by atoms with Crippen molar-refractivity contribution in [2.75, 3.05) is 5.32 Å². The number of carbonyl (C=O) groups is 2. The van der Waals surface area contributed by atoms with E-state index in [9.17, 15) is 9.59 Å². The average molecular weight is 459 g/mol. The predicted molar refractivity (Wildman–Crippen MR) is 129 cm³/mol. The minimum absolute atomic E-state index is 0.226. The first kappa shape index (κ1) is 22.3. The molecule has 4 rings (SSSR count). The molecule has 0 saturated heterocycles. The second-order valence-electron chi connectivity index (χ2n) is 7.57. The van der Waals surface area contributed by atoms with Crippen LogP contribution in [0.15, 0.2) is 91.0 Å². The van der Waals surface area contributed by atoms with E-state index in [1.165, 1.54) is 0 Å². The van der Waals surface area contributed by atoms with Crippen molar-refractivity contribution < 1.29 is 9.59 Å². The lowest BCUT2D eigenvalue weighted by molar-refractivity contribution is -0.118. The van der Waals surface area contributed by atoms with Gasteiger partial charge in [-0.15, -0.1) is 0 Å². The van der Waals surface area contributed by atoms with Gasteiger partial charge in [0.2, 0.25) is 0 Å². The van der Waals surface area contributed by atoms with Gasteiger partial charge in [0.25, 0.3) is 11.8 Å². The Bertz CT molecular complexity index is 1240. The van der Waals surface area contributed by atoms with Gasteiger partial charge in [0.1, 0.15) is 11.2 Å². The Morgan fingerprint density at radius 1 is 0.909 bits per heavy atom. The number of halogens is 1. The maximum Gasteiger partial charge on any atom is 0.257 e. The van der Waals surface area contributed by atoms with Crippen molar-refractivity contribution in [3.8, 4) is 0 Å². The fourth-order valence-corrected chi connectivity index (χ4v) is 3.88. The molecule has 0 spiro atoms. The van der Waals surface area contributed by atoms with Crippen molar-refractivity contribution in [1.82, 2.24) is 15.1 Å². The molecule has 0 bridgehead atoms. The van der Waals surface area contributed by atoms with E-state index in [1.807, 2.05) is 66.7 Å². The monoisotopic (exact) mass is 458 g/mol. The van der Waals surface area contributed by atoms with Crippen LogP contribution in [0.5, 0.6) is 0 Å². The van der Waals surface area contributed by atoms with E-state index >= 15 is 0 Å². The first-order valence-electron chi connectivity index (χ1n) is 10.5. The van der Waals surface area contributed by atoms with E-state index in [0.29, 0.717) is 23.5 Å². The standard InChI is InChI=1S/C26H23ClN4O2/c1-18-22(24(27)31(30-18)17-19-11-5-2-6-12-19)25(32)29-23(20-13-7-3-8-14-20)26(33)28-21-15-9-4-10-16-21/h2-16,23H,17H2,1H3,(H,28,33)(H,29,32). The number of nitrogens with zero attached hydrogens (tertiary/aromatic N) is 2. The Balaban J connectivity index is 1.59. The van der Waals surface area contributed by atoms with Crippen LogP contribution in [0.2, 0.25) is 5.15 Å². The number of para-hydroxylation sites is 1. The molecule has 0 aliphatic carbocycles. The molecule has 1 atom stereocenters. The molecule has 1 aromatic heterocycles. The topological polar surface area (TPSA) is 76.0 Å². The lowest BCUT2D eigenvalue weighted by atomic mass is 10.1. The van der Waals surface area contributed by atoms with Gasteiger partial charge >= 0.3 is 0 Å². The number of carbonyl (C=O) groups excluding carboxylic acids is 2. The largest absolute Gasteiger partial charge is 0.336 e. The quantitative estimate of drug-likeness (QED) is 0.409. The van der Waals surface area contributed by atoms with Gasteiger partial charge in [-0.3, -0.25) is 9.59 Å². The second kappa shape index (κ2) is 10.1. The van der Waals surface area contributed by atoms with Gasteiger partial charge in [0.15, 0.2) is 0 Å². The zero-order valence-electron chi connectivity index (χ0n) is 18.0. The minimum Gasteiger partial charge on any atom is -0.336 e. The summed E-state index contributed by atoms with van der Waals surface area (Å²) < 4.78 is 1.59. The molecule has 0 saturated carbocycles. The number of rotatable bonds is 7. The lowest BCUT2D eigenvalue weighted by Crippen LogP contribution is -2.37. The van der Waals surface area contributed by atoms with Crippen molar-refractivity contribution in [3.63, 3.8) is 0 Å². The van der Waals surface area contributed by atoms with Crippen LogP contribution < -0.4 is 10.6 Å². The van der Waals surface area contributed by atoms with E-state index in [-0.39, 0.29) is 16.6 Å². The van der Waals surface area contributed by atoms with Crippen LogP contribution in [-0.4, -0.2) is 21.6 Å². The first-order valence-corrected chi connectivity index (χ1v) is 10.9. The van der Waals surface area contributed by atoms with Gasteiger partial charge < -0.3 is 10.6 Å². The normalized spacial score (nSPS) is 11.6. The molecular weight excluding hydrogens is 436 g/mol. The number of hydrogen-bond acceptors (Lipinski definition) is 3. The Hall–Kier alpha value is -3.90. The number of nitrogens with one attached hydrogen (secondary N) is 2. The van der Waals surface area contributed by atoms with Crippen LogP contribution in [0.25, 0.3) is 0 Å². The summed E-state index contributed by atoms with van der Waals surface area (Å²) in [7, 11) is 0. The van der Waals surface area contributed by atoms with Crippen molar-refractivity contribution in [2.24, 2.45) is 0 Å². The molecule has 166 valence electrons. The average Bonchev–Trinajstić information content (AvgIpc) is 3.11. The first-order chi connectivity index (χ1) is 16.0. The summed E-state index contributed by atoms with van der Waals surface area (Å²) in [5.41, 5.74) is 3.05. The molecule has 2 amide bonds. The van der Waals surface area contributed by atoms with Crippen molar-refractivity contribution in [1.29, 1.82) is 0 Å². The molecule has 2 N–H and O–H groups in total. The van der Waals surface area contributed by atoms with E-state index in [0.717, 1.165) is 5.56 Å². The van der Waals surface area contributed by atoms with Crippen LogP contribution in [0.3, 0.4) is 0 Å². The third-order valence-electron chi connectivity index (χ3n) is 5.18. The number of hydrogen-bond donors (Lipinski definition) is 2. The fourth-order valence-electron chi connectivity index (χ4n) is 3.56. The zero-order chi connectivity index (χ0) is 23.2. The van der Waals surface area contributed by atoms with Crippen LogP contribution in [0.1, 0.15) is 33.2 Å². The molecule has 3 aromatic carbocycles. The number of anilines is 1. The molecule has 4 aromatic rings. The summed E-state index contributed by atoms with van der Waals surface area (Å²) in [6.07, 6.45) is 0. The number of aromatic nitrogens is 2. The maximum atomic E-state index is 13.3. The summed E-state index contributed by atoms with van der Waals surface area (Å²) in [6, 6.07) is 27.0. The molecule has 1 unspecified atom stereocenters. The van der Waals surface area contributed by atoms with Crippen molar-refractivity contribution in [3.05, 3.63) is 119 Å². The van der Waals surface area contributed by atoms with Crippen molar-refractivity contribution >= 4 is 29.1 Å². The highest BCUT2D eigenvalue weighted by Gasteiger charge is 2.27. The molecular formula is C26H23ClN4O2. The summed E-state index contributed by atoms with van der Waals surface area (Å²) in [4.78, 5) is 26.4. The highest BCUT2D eigenvalue weighted by Crippen LogP contribution is 2.23. The number of aryl methyl sites for hydroxylation is 1. The van der Waals surface area contributed by atoms with Gasteiger partial charge in [-0.25, -0.2) is 4.68 Å². The van der Waals surface area contributed by atoms with Gasteiger partial charge in [-0.05, 0) is 30.2 Å². The Kier molecular flexibility index (Phi) is 6.86. The summed E-state index contributed by atoms with van der Waals surface area (Å²) in [6.45, 7) is 2.16. The summed E-state index contributed by atoms with van der Waals surface area (Å²) in [5.74, 6) is -0.819.